The highest BCUT2D eigenvalue weighted by Gasteiger charge is 2.28. The molecule has 1 aromatic rings. The van der Waals surface area contributed by atoms with Crippen molar-refractivity contribution >= 4 is 21.7 Å². The van der Waals surface area contributed by atoms with Crippen LogP contribution < -0.4 is 0 Å². The molecule has 25 heavy (non-hydrogen) atoms. The number of nitrogens with zero attached hydrogens (tertiary/aromatic N) is 2. The Balaban J connectivity index is 1.96. The monoisotopic (exact) mass is 370 g/mol. The Morgan fingerprint density at radius 2 is 1.68 bits per heavy atom. The van der Waals surface area contributed by atoms with Gasteiger partial charge in [0, 0.05) is 31.7 Å². The number of benzene rings is 1. The van der Waals surface area contributed by atoms with Crippen molar-refractivity contribution in [1.29, 1.82) is 0 Å². The molecule has 0 bridgehead atoms. The lowest BCUT2D eigenvalue weighted by molar-refractivity contribution is -0.129. The fourth-order valence-electron chi connectivity index (χ4n) is 2.50. The zero-order chi connectivity index (χ0) is 18.8. The van der Waals surface area contributed by atoms with E-state index in [1.807, 2.05) is 0 Å². The maximum absolute atomic E-state index is 13.6. The second kappa shape index (κ2) is 7.51. The standard InChI is InChI=1S/C17H23FN2O4S/c1-12(2)25(23,24)11-16(21)19-6-8-20(9-7-19)17(22)14-5-4-13(3)15(18)10-14/h4-5,10,12H,6-9,11H2,1-3H3. The molecule has 0 saturated carbocycles. The molecule has 1 heterocycles. The number of piperazine rings is 1. The van der Waals surface area contributed by atoms with Gasteiger partial charge in [0.15, 0.2) is 9.84 Å². The van der Waals surface area contributed by atoms with Crippen LogP contribution in [0.25, 0.3) is 0 Å². The van der Waals surface area contributed by atoms with E-state index in [9.17, 15) is 22.4 Å². The Kier molecular flexibility index (Phi) is 5.82. The summed E-state index contributed by atoms with van der Waals surface area (Å²) in [6, 6.07) is 4.34. The average Bonchev–Trinajstić information content (AvgIpc) is 2.56. The lowest BCUT2D eigenvalue weighted by atomic mass is 10.1. The fourth-order valence-corrected chi connectivity index (χ4v) is 3.36. The summed E-state index contributed by atoms with van der Waals surface area (Å²) in [6.45, 7) is 5.84. The highest BCUT2D eigenvalue weighted by molar-refractivity contribution is 7.92. The van der Waals surface area contributed by atoms with Crippen molar-refractivity contribution in [3.05, 3.63) is 35.1 Å². The van der Waals surface area contributed by atoms with Crippen molar-refractivity contribution in [1.82, 2.24) is 9.80 Å². The van der Waals surface area contributed by atoms with E-state index in [0.29, 0.717) is 18.7 Å². The number of aryl methyl sites for hydroxylation is 1. The van der Waals surface area contributed by atoms with Crippen LogP contribution >= 0.6 is 0 Å². The molecule has 0 radical (unpaired) electrons. The van der Waals surface area contributed by atoms with Crippen molar-refractivity contribution in [2.45, 2.75) is 26.0 Å². The lowest BCUT2D eigenvalue weighted by Crippen LogP contribution is -2.52. The van der Waals surface area contributed by atoms with Gasteiger partial charge in [0.2, 0.25) is 5.91 Å². The molecule has 0 N–H and O–H groups in total. The number of carbonyl (C=O) groups is 2. The van der Waals surface area contributed by atoms with Crippen molar-refractivity contribution in [2.24, 2.45) is 0 Å². The Hall–Kier alpha value is -1.96. The van der Waals surface area contributed by atoms with E-state index in [4.69, 9.17) is 0 Å². The third-order valence-electron chi connectivity index (χ3n) is 4.38. The van der Waals surface area contributed by atoms with Gasteiger partial charge < -0.3 is 9.80 Å². The van der Waals surface area contributed by atoms with Gasteiger partial charge in [0.05, 0.1) is 5.25 Å². The minimum Gasteiger partial charge on any atom is -0.338 e. The Bertz CT molecular complexity index is 769. The van der Waals surface area contributed by atoms with E-state index in [1.165, 1.54) is 11.0 Å². The van der Waals surface area contributed by atoms with Crippen LogP contribution in [-0.4, -0.2) is 67.2 Å². The topological polar surface area (TPSA) is 74.8 Å². The quantitative estimate of drug-likeness (QED) is 0.799. The normalized spacial score (nSPS) is 15.6. The Morgan fingerprint density at radius 3 is 2.20 bits per heavy atom. The molecule has 0 unspecified atom stereocenters. The van der Waals surface area contributed by atoms with E-state index < -0.39 is 32.6 Å². The number of amides is 2. The van der Waals surface area contributed by atoms with Crippen LogP contribution in [0.3, 0.4) is 0 Å². The summed E-state index contributed by atoms with van der Waals surface area (Å²) in [4.78, 5) is 27.6. The van der Waals surface area contributed by atoms with Gasteiger partial charge in [0.1, 0.15) is 11.6 Å². The van der Waals surface area contributed by atoms with Gasteiger partial charge in [-0.15, -0.1) is 0 Å². The van der Waals surface area contributed by atoms with E-state index in [0.717, 1.165) is 0 Å². The summed E-state index contributed by atoms with van der Waals surface area (Å²) >= 11 is 0. The SMILES string of the molecule is Cc1ccc(C(=O)N2CCN(C(=O)CS(=O)(=O)C(C)C)CC2)cc1F. The number of rotatable bonds is 4. The van der Waals surface area contributed by atoms with Gasteiger partial charge in [-0.2, -0.15) is 0 Å². The Labute approximate surface area is 147 Å². The molecule has 1 aromatic carbocycles. The zero-order valence-corrected chi connectivity index (χ0v) is 15.5. The van der Waals surface area contributed by atoms with Gasteiger partial charge in [-0.05, 0) is 38.5 Å². The van der Waals surface area contributed by atoms with Crippen LogP contribution in [0.5, 0.6) is 0 Å². The van der Waals surface area contributed by atoms with E-state index in [-0.39, 0.29) is 24.6 Å². The second-order valence-corrected chi connectivity index (χ2v) is 9.05. The van der Waals surface area contributed by atoms with Gasteiger partial charge in [-0.1, -0.05) is 6.07 Å². The number of carbonyl (C=O) groups excluding carboxylic acids is 2. The molecule has 2 amide bonds. The first-order valence-electron chi connectivity index (χ1n) is 8.16. The van der Waals surface area contributed by atoms with E-state index in [2.05, 4.69) is 0 Å². The summed E-state index contributed by atoms with van der Waals surface area (Å²) in [5.74, 6) is -1.68. The van der Waals surface area contributed by atoms with Crippen LogP contribution in [0.4, 0.5) is 4.39 Å². The highest BCUT2D eigenvalue weighted by atomic mass is 32.2. The maximum atomic E-state index is 13.6. The molecule has 2 rings (SSSR count). The number of sulfone groups is 1. The van der Waals surface area contributed by atoms with Gasteiger partial charge in [-0.25, -0.2) is 12.8 Å². The molecule has 6 nitrogen and oxygen atoms in total. The number of hydrogen-bond acceptors (Lipinski definition) is 4. The van der Waals surface area contributed by atoms with Crippen molar-refractivity contribution in [3.8, 4) is 0 Å². The molecule has 0 aromatic heterocycles. The van der Waals surface area contributed by atoms with Crippen molar-refractivity contribution < 1.29 is 22.4 Å². The average molecular weight is 370 g/mol. The predicted octanol–water partition coefficient (Wildman–Crippen LogP) is 1.24. The molecule has 8 heteroatoms. The molecular weight excluding hydrogens is 347 g/mol. The predicted molar refractivity (Wildman–Crippen MR) is 92.5 cm³/mol. The van der Waals surface area contributed by atoms with Crippen molar-refractivity contribution in [3.63, 3.8) is 0 Å². The third kappa shape index (κ3) is 4.56. The fraction of sp³-hybridized carbons (Fsp3) is 0.529. The molecule has 1 aliphatic rings. The largest absolute Gasteiger partial charge is 0.338 e. The van der Waals surface area contributed by atoms with Crippen LogP contribution in [0, 0.1) is 12.7 Å². The number of hydrogen-bond donors (Lipinski definition) is 0. The van der Waals surface area contributed by atoms with Crippen LogP contribution in [-0.2, 0) is 14.6 Å². The first-order chi connectivity index (χ1) is 11.6. The molecule has 1 aliphatic heterocycles. The molecule has 138 valence electrons. The smallest absolute Gasteiger partial charge is 0.254 e. The van der Waals surface area contributed by atoms with E-state index >= 15 is 0 Å². The number of halogens is 1. The zero-order valence-electron chi connectivity index (χ0n) is 14.7. The second-order valence-electron chi connectivity index (χ2n) is 6.49. The summed E-state index contributed by atoms with van der Waals surface area (Å²) in [5, 5.41) is -0.601. The summed E-state index contributed by atoms with van der Waals surface area (Å²) in [7, 11) is -3.44. The van der Waals surface area contributed by atoms with E-state index in [1.54, 1.807) is 37.8 Å². The molecule has 0 atom stereocenters. The van der Waals surface area contributed by atoms with Gasteiger partial charge >= 0.3 is 0 Å². The molecule has 0 aliphatic carbocycles. The minimum atomic E-state index is -3.44. The maximum Gasteiger partial charge on any atom is 0.254 e. The van der Waals surface area contributed by atoms with Gasteiger partial charge in [0.25, 0.3) is 5.91 Å². The van der Waals surface area contributed by atoms with Gasteiger partial charge in [-0.3, -0.25) is 9.59 Å². The highest BCUT2D eigenvalue weighted by Crippen LogP contribution is 2.14. The first-order valence-corrected chi connectivity index (χ1v) is 9.88. The Morgan fingerprint density at radius 1 is 1.12 bits per heavy atom. The first kappa shape index (κ1) is 19.4. The minimum absolute atomic E-state index is 0.269. The summed E-state index contributed by atoms with van der Waals surface area (Å²) in [6.07, 6.45) is 0. The molecule has 1 fully saturated rings. The lowest BCUT2D eigenvalue weighted by Gasteiger charge is -2.35. The van der Waals surface area contributed by atoms with Crippen LogP contribution in [0.2, 0.25) is 0 Å². The van der Waals surface area contributed by atoms with Crippen molar-refractivity contribution in [2.75, 3.05) is 31.9 Å². The molecule has 1 saturated heterocycles. The van der Waals surface area contributed by atoms with Crippen LogP contribution in [0.1, 0.15) is 29.8 Å². The summed E-state index contributed by atoms with van der Waals surface area (Å²) < 4.78 is 37.3. The third-order valence-corrected chi connectivity index (χ3v) is 6.47. The molecular formula is C17H23FN2O4S. The summed E-state index contributed by atoms with van der Waals surface area (Å²) in [5.41, 5.74) is 0.739. The molecule has 0 spiro atoms. The van der Waals surface area contributed by atoms with Crippen LogP contribution in [0.15, 0.2) is 18.2 Å².